The number of esters is 1. The monoisotopic (exact) mass is 474 g/mol. The number of ether oxygens (including phenoxy) is 2. The summed E-state index contributed by atoms with van der Waals surface area (Å²) in [7, 11) is 1.33. The highest BCUT2D eigenvalue weighted by Gasteiger charge is 2.18. The molecule has 4 rings (SSSR count). The van der Waals surface area contributed by atoms with Crippen LogP contribution in [-0.4, -0.2) is 55.5 Å². The Kier molecular flexibility index (Phi) is 7.47. The van der Waals surface area contributed by atoms with Crippen LogP contribution in [0.1, 0.15) is 15.9 Å². The highest BCUT2D eigenvalue weighted by Crippen LogP contribution is 2.24. The van der Waals surface area contributed by atoms with Gasteiger partial charge in [-0.05, 0) is 35.9 Å². The lowest BCUT2D eigenvalue weighted by Crippen LogP contribution is -3.14. The van der Waals surface area contributed by atoms with Crippen LogP contribution >= 0.6 is 23.4 Å². The van der Waals surface area contributed by atoms with Gasteiger partial charge in [0.25, 0.3) is 5.56 Å². The summed E-state index contributed by atoms with van der Waals surface area (Å²) in [5.41, 5.74) is 1.80. The van der Waals surface area contributed by atoms with E-state index in [1.165, 1.54) is 23.8 Å². The van der Waals surface area contributed by atoms with E-state index in [2.05, 4.69) is 0 Å². The molecule has 9 heteroatoms. The number of aromatic nitrogens is 2. The predicted octanol–water partition coefficient (Wildman–Crippen LogP) is 2.04. The molecular formula is C23H25ClN3O4S+. The molecule has 0 spiro atoms. The summed E-state index contributed by atoms with van der Waals surface area (Å²) >= 11 is 7.61. The fourth-order valence-corrected chi connectivity index (χ4v) is 4.89. The Morgan fingerprint density at radius 2 is 2.06 bits per heavy atom. The summed E-state index contributed by atoms with van der Waals surface area (Å²) in [5, 5.41) is 1.78. The number of nitrogens with one attached hydrogen (secondary N) is 1. The van der Waals surface area contributed by atoms with E-state index in [1.54, 1.807) is 22.8 Å². The van der Waals surface area contributed by atoms with Crippen LogP contribution in [0.4, 0.5) is 0 Å². The Hall–Kier alpha value is -2.39. The van der Waals surface area contributed by atoms with Crippen molar-refractivity contribution in [3.05, 3.63) is 69.0 Å². The molecule has 0 radical (unpaired) electrons. The van der Waals surface area contributed by atoms with Gasteiger partial charge in [0, 0.05) is 10.8 Å². The van der Waals surface area contributed by atoms with Crippen molar-refractivity contribution < 1.29 is 19.2 Å². The average Bonchev–Trinajstić information content (AvgIpc) is 2.82. The Labute approximate surface area is 195 Å². The number of carbonyl (C=O) groups excluding carboxylic acids is 1. The van der Waals surface area contributed by atoms with Gasteiger partial charge in [0.15, 0.2) is 5.16 Å². The summed E-state index contributed by atoms with van der Waals surface area (Å²) in [6.45, 7) is 4.74. The van der Waals surface area contributed by atoms with Crippen molar-refractivity contribution in [3.8, 4) is 0 Å². The van der Waals surface area contributed by atoms with Gasteiger partial charge in [-0.2, -0.15) is 0 Å². The van der Waals surface area contributed by atoms with E-state index in [9.17, 15) is 9.59 Å². The van der Waals surface area contributed by atoms with E-state index in [1.807, 2.05) is 24.3 Å². The predicted molar refractivity (Wildman–Crippen MR) is 125 cm³/mol. The summed E-state index contributed by atoms with van der Waals surface area (Å²) < 4.78 is 12.0. The molecular weight excluding hydrogens is 450 g/mol. The minimum atomic E-state index is -0.457. The Balaban J connectivity index is 1.68. The van der Waals surface area contributed by atoms with Gasteiger partial charge in [0.05, 0.1) is 49.9 Å². The second-order valence-corrected chi connectivity index (χ2v) is 8.98. The number of nitrogens with zero attached hydrogens (tertiary/aromatic N) is 2. The molecule has 1 saturated heterocycles. The number of quaternary nitrogens is 1. The Morgan fingerprint density at radius 3 is 2.81 bits per heavy atom. The van der Waals surface area contributed by atoms with Gasteiger partial charge < -0.3 is 14.4 Å². The van der Waals surface area contributed by atoms with Crippen LogP contribution in [0.2, 0.25) is 5.02 Å². The van der Waals surface area contributed by atoms with Gasteiger partial charge in [-0.25, -0.2) is 9.78 Å². The standard InChI is InChI=1S/C23H24ClN3O4S/c1-30-22(29)17-5-6-19-20(14-17)25-23(32-15-16-3-2-4-18(24)13-16)27(21(19)28)8-7-26-9-11-31-12-10-26/h2-6,13-14H,7-12,15H2,1H3/p+1. The number of carbonyl (C=O) groups is 1. The maximum atomic E-state index is 13.4. The number of benzene rings is 2. The third-order valence-electron chi connectivity index (χ3n) is 5.49. The van der Waals surface area contributed by atoms with Crippen LogP contribution in [0.25, 0.3) is 10.9 Å². The summed E-state index contributed by atoms with van der Waals surface area (Å²) in [4.78, 5) is 31.5. The minimum Gasteiger partial charge on any atom is -0.465 e. The third-order valence-corrected chi connectivity index (χ3v) is 6.77. The maximum Gasteiger partial charge on any atom is 0.337 e. The molecule has 2 heterocycles. The van der Waals surface area contributed by atoms with Crippen molar-refractivity contribution in [2.24, 2.45) is 0 Å². The summed E-state index contributed by atoms with van der Waals surface area (Å²) in [6.07, 6.45) is 0. The fraction of sp³-hybridized carbons (Fsp3) is 0.348. The molecule has 1 fully saturated rings. The van der Waals surface area contributed by atoms with E-state index in [-0.39, 0.29) is 5.56 Å². The van der Waals surface area contributed by atoms with Gasteiger partial charge in [0.2, 0.25) is 0 Å². The van der Waals surface area contributed by atoms with Crippen molar-refractivity contribution in [1.29, 1.82) is 0 Å². The lowest BCUT2D eigenvalue weighted by Gasteiger charge is -2.24. The number of hydrogen-bond acceptors (Lipinski definition) is 6. The molecule has 0 bridgehead atoms. The number of halogens is 1. The molecule has 0 unspecified atom stereocenters. The molecule has 0 atom stereocenters. The maximum absolute atomic E-state index is 13.4. The zero-order valence-corrected chi connectivity index (χ0v) is 19.4. The first-order valence-corrected chi connectivity index (χ1v) is 11.8. The molecule has 168 valence electrons. The zero-order chi connectivity index (χ0) is 22.5. The van der Waals surface area contributed by atoms with Crippen molar-refractivity contribution in [2.45, 2.75) is 17.5 Å². The number of fused-ring (bicyclic) bond motifs is 1. The lowest BCUT2D eigenvalue weighted by molar-refractivity contribution is -0.908. The van der Waals surface area contributed by atoms with Crippen LogP contribution < -0.4 is 10.5 Å². The Morgan fingerprint density at radius 1 is 1.25 bits per heavy atom. The van der Waals surface area contributed by atoms with Crippen LogP contribution in [0.3, 0.4) is 0 Å². The summed E-state index contributed by atoms with van der Waals surface area (Å²) in [5.74, 6) is 0.168. The van der Waals surface area contributed by atoms with E-state index in [0.717, 1.165) is 38.4 Å². The highest BCUT2D eigenvalue weighted by molar-refractivity contribution is 7.98. The van der Waals surface area contributed by atoms with Crippen molar-refractivity contribution in [3.63, 3.8) is 0 Å². The smallest absolute Gasteiger partial charge is 0.337 e. The molecule has 0 amide bonds. The topological polar surface area (TPSA) is 74.9 Å². The van der Waals surface area contributed by atoms with Crippen molar-refractivity contribution >= 4 is 40.2 Å². The molecule has 2 aromatic carbocycles. The summed E-state index contributed by atoms with van der Waals surface area (Å²) in [6, 6.07) is 12.5. The third kappa shape index (κ3) is 5.32. The van der Waals surface area contributed by atoms with Gasteiger partial charge >= 0.3 is 5.97 Å². The number of hydrogen-bond donors (Lipinski definition) is 1. The van der Waals surface area contributed by atoms with Gasteiger partial charge in [-0.3, -0.25) is 9.36 Å². The number of rotatable bonds is 7. The SMILES string of the molecule is COC(=O)c1ccc2c(=O)n(CC[NH+]3CCOCC3)c(SCc3cccc(Cl)c3)nc2c1. The number of methoxy groups -OCH3 is 1. The average molecular weight is 475 g/mol. The largest absolute Gasteiger partial charge is 0.465 e. The molecule has 7 nitrogen and oxygen atoms in total. The van der Waals surface area contributed by atoms with Crippen molar-refractivity contribution in [1.82, 2.24) is 9.55 Å². The minimum absolute atomic E-state index is 0.104. The Bertz CT molecular complexity index is 1180. The second-order valence-electron chi connectivity index (χ2n) is 7.61. The first kappa shape index (κ1) is 22.8. The van der Waals surface area contributed by atoms with E-state index in [4.69, 9.17) is 26.1 Å². The molecule has 1 aromatic heterocycles. The lowest BCUT2D eigenvalue weighted by atomic mass is 10.1. The second kappa shape index (κ2) is 10.5. The van der Waals surface area contributed by atoms with Crippen molar-refractivity contribution in [2.75, 3.05) is 40.0 Å². The van der Waals surface area contributed by atoms with Crippen LogP contribution in [-0.2, 0) is 21.8 Å². The van der Waals surface area contributed by atoms with Crippen LogP contribution in [0.5, 0.6) is 0 Å². The fourth-order valence-electron chi connectivity index (χ4n) is 3.71. The van der Waals surface area contributed by atoms with Gasteiger partial charge in [-0.1, -0.05) is 35.5 Å². The number of morpholine rings is 1. The van der Waals surface area contributed by atoms with Crippen LogP contribution in [0, 0.1) is 0 Å². The molecule has 1 N–H and O–H groups in total. The first-order valence-electron chi connectivity index (χ1n) is 10.5. The van der Waals surface area contributed by atoms with E-state index < -0.39 is 5.97 Å². The molecule has 1 aliphatic heterocycles. The molecule has 1 aliphatic rings. The molecule has 0 saturated carbocycles. The normalized spacial score (nSPS) is 14.6. The van der Waals surface area contributed by atoms with E-state index >= 15 is 0 Å². The van der Waals surface area contributed by atoms with Crippen LogP contribution in [0.15, 0.2) is 52.4 Å². The van der Waals surface area contributed by atoms with Gasteiger partial charge in [0.1, 0.15) is 13.1 Å². The quantitative estimate of drug-likeness (QED) is 0.321. The van der Waals surface area contributed by atoms with Gasteiger partial charge in [-0.15, -0.1) is 0 Å². The number of thioether (sulfide) groups is 1. The molecule has 32 heavy (non-hydrogen) atoms. The molecule has 0 aliphatic carbocycles. The zero-order valence-electron chi connectivity index (χ0n) is 17.8. The molecule has 3 aromatic rings. The highest BCUT2D eigenvalue weighted by atomic mass is 35.5. The first-order chi connectivity index (χ1) is 15.5. The van der Waals surface area contributed by atoms with E-state index in [0.29, 0.717) is 38.9 Å².